The first-order valence-corrected chi connectivity index (χ1v) is 6.49. The molecule has 0 aromatic carbocycles. The minimum absolute atomic E-state index is 0.286. The molecule has 0 unspecified atom stereocenters. The Labute approximate surface area is 77.9 Å². The van der Waals surface area contributed by atoms with Crippen LogP contribution in [-0.4, -0.2) is 38.0 Å². The molecule has 12 heavy (non-hydrogen) atoms. The summed E-state index contributed by atoms with van der Waals surface area (Å²) in [7, 11) is 0. The van der Waals surface area contributed by atoms with E-state index in [2.05, 4.69) is 5.32 Å². The van der Waals surface area contributed by atoms with Crippen molar-refractivity contribution in [3.63, 3.8) is 0 Å². The Morgan fingerprint density at radius 3 is 2.50 bits per heavy atom. The van der Waals surface area contributed by atoms with Crippen molar-refractivity contribution in [3.05, 3.63) is 0 Å². The number of aliphatic carboxylic acids is 1. The third-order valence-corrected chi connectivity index (χ3v) is 2.64. The summed E-state index contributed by atoms with van der Waals surface area (Å²) < 4.78 is 0. The van der Waals surface area contributed by atoms with E-state index in [0.717, 1.165) is 5.32 Å². The molecule has 0 aliphatic heterocycles. The van der Waals surface area contributed by atoms with Crippen molar-refractivity contribution in [3.8, 4) is 0 Å². The first kappa shape index (κ1) is 11.5. The topological polar surface area (TPSA) is 66.4 Å². The van der Waals surface area contributed by atoms with Gasteiger partial charge in [-0.05, 0) is 0 Å². The zero-order chi connectivity index (χ0) is 9.56. The Morgan fingerprint density at radius 1 is 1.58 bits per heavy atom. The number of rotatable bonds is 5. The number of carboxylic acid groups (broad SMARTS) is 1. The zero-order valence-corrected chi connectivity index (χ0v) is 8.88. The van der Waals surface area contributed by atoms with Gasteiger partial charge in [0, 0.05) is 0 Å². The number of nitrogens with one attached hydrogen (secondary N) is 1. The van der Waals surface area contributed by atoms with Crippen LogP contribution in [0.25, 0.3) is 0 Å². The van der Waals surface area contributed by atoms with Crippen molar-refractivity contribution in [1.29, 1.82) is 0 Å². The number of hydrogen-bond acceptors (Lipinski definition) is 2. The van der Waals surface area contributed by atoms with Gasteiger partial charge < -0.3 is 0 Å². The van der Waals surface area contributed by atoms with Crippen LogP contribution in [-0.2, 0) is 9.59 Å². The van der Waals surface area contributed by atoms with Gasteiger partial charge >= 0.3 is 77.4 Å². The molecule has 0 fully saturated rings. The molecule has 0 heterocycles. The second-order valence-electron chi connectivity index (χ2n) is 2.37. The Morgan fingerprint density at radius 2 is 2.17 bits per heavy atom. The first-order valence-electron chi connectivity index (χ1n) is 3.56. The first-order chi connectivity index (χ1) is 5.57. The zero-order valence-electron chi connectivity index (χ0n) is 7.16. The van der Waals surface area contributed by atoms with Crippen LogP contribution < -0.4 is 5.32 Å². The molecule has 4 nitrogen and oxygen atoms in total. The van der Waals surface area contributed by atoms with Crippen molar-refractivity contribution in [2.24, 2.45) is 0 Å². The molecule has 1 amide bonds. The SMILES string of the molecule is C[Se]CC[C@@H](NC(C)=O)C(=O)O. The molecular weight excluding hydrogens is 225 g/mol. The van der Waals surface area contributed by atoms with Crippen molar-refractivity contribution in [2.75, 3.05) is 0 Å². The van der Waals surface area contributed by atoms with E-state index in [-0.39, 0.29) is 5.91 Å². The molecule has 0 aliphatic rings. The Balaban J connectivity index is 3.87. The molecule has 0 saturated heterocycles. The maximum absolute atomic E-state index is 10.6. The van der Waals surface area contributed by atoms with E-state index in [9.17, 15) is 9.59 Å². The van der Waals surface area contributed by atoms with E-state index in [1.165, 1.54) is 6.92 Å². The van der Waals surface area contributed by atoms with Crippen molar-refractivity contribution < 1.29 is 14.7 Å². The third-order valence-electron chi connectivity index (χ3n) is 1.29. The number of hydrogen-bond donors (Lipinski definition) is 2. The molecule has 0 aliphatic carbocycles. The van der Waals surface area contributed by atoms with Gasteiger partial charge in [0.25, 0.3) is 0 Å². The van der Waals surface area contributed by atoms with Gasteiger partial charge in [-0.25, -0.2) is 0 Å². The minimum atomic E-state index is -0.950. The van der Waals surface area contributed by atoms with Crippen LogP contribution in [0, 0.1) is 0 Å². The van der Waals surface area contributed by atoms with E-state index in [0.29, 0.717) is 21.4 Å². The van der Waals surface area contributed by atoms with Gasteiger partial charge in [-0.3, -0.25) is 0 Å². The Kier molecular flexibility index (Phi) is 5.76. The van der Waals surface area contributed by atoms with Gasteiger partial charge in [0.1, 0.15) is 0 Å². The molecule has 1 atom stereocenters. The summed E-state index contributed by atoms with van der Waals surface area (Å²) >= 11 is 0.464. The van der Waals surface area contributed by atoms with Gasteiger partial charge in [-0.15, -0.1) is 0 Å². The van der Waals surface area contributed by atoms with Crippen molar-refractivity contribution >= 4 is 26.8 Å². The average molecular weight is 238 g/mol. The van der Waals surface area contributed by atoms with E-state index < -0.39 is 12.0 Å². The summed E-state index contributed by atoms with van der Waals surface area (Å²) in [6.45, 7) is 1.33. The molecule has 0 saturated carbocycles. The Bertz CT molecular complexity index is 172. The average Bonchev–Trinajstić information content (AvgIpc) is 1.96. The number of amides is 1. The van der Waals surface area contributed by atoms with E-state index >= 15 is 0 Å². The summed E-state index contributed by atoms with van der Waals surface area (Å²) in [6.07, 6.45) is 0.533. The van der Waals surface area contributed by atoms with Crippen LogP contribution in [0.5, 0.6) is 0 Å². The van der Waals surface area contributed by atoms with Crippen LogP contribution >= 0.6 is 0 Å². The fourth-order valence-corrected chi connectivity index (χ4v) is 1.73. The molecule has 0 aromatic rings. The fraction of sp³-hybridized carbons (Fsp3) is 0.714. The van der Waals surface area contributed by atoms with Gasteiger partial charge in [0.2, 0.25) is 0 Å². The second-order valence-corrected chi connectivity index (χ2v) is 4.44. The van der Waals surface area contributed by atoms with Gasteiger partial charge in [0.05, 0.1) is 0 Å². The standard InChI is InChI=1S/C7H13NO3Se/c1-5(9)8-6(7(10)11)3-4-12-2/h6H,3-4H2,1-2H3,(H,8,9)(H,10,11)/t6-/m1/s1. The molecular formula is C7H13NO3Se. The van der Waals surface area contributed by atoms with Crippen LogP contribution in [0.1, 0.15) is 13.3 Å². The predicted octanol–water partition coefficient (Wildman–Crippen LogP) is 0.136. The summed E-state index contributed by atoms with van der Waals surface area (Å²) in [5.41, 5.74) is 0. The summed E-state index contributed by atoms with van der Waals surface area (Å²) in [5, 5.41) is 11.9. The summed E-state index contributed by atoms with van der Waals surface area (Å²) in [6, 6.07) is -0.704. The fourth-order valence-electron chi connectivity index (χ4n) is 0.738. The van der Waals surface area contributed by atoms with Crippen molar-refractivity contribution in [1.82, 2.24) is 5.32 Å². The monoisotopic (exact) mass is 239 g/mol. The van der Waals surface area contributed by atoms with Gasteiger partial charge in [-0.2, -0.15) is 0 Å². The molecule has 0 rings (SSSR count). The number of carbonyl (C=O) groups is 2. The molecule has 0 radical (unpaired) electrons. The maximum atomic E-state index is 10.6. The van der Waals surface area contributed by atoms with Crippen LogP contribution in [0.3, 0.4) is 0 Å². The third kappa shape index (κ3) is 5.15. The van der Waals surface area contributed by atoms with Crippen molar-refractivity contribution in [2.45, 2.75) is 30.5 Å². The molecule has 2 N–H and O–H groups in total. The van der Waals surface area contributed by atoms with Crippen LogP contribution in [0.15, 0.2) is 0 Å². The summed E-state index contributed by atoms with van der Waals surface area (Å²) in [4.78, 5) is 21.1. The predicted molar refractivity (Wildman–Crippen MR) is 46.3 cm³/mol. The molecule has 5 heteroatoms. The molecule has 0 aromatic heterocycles. The second kappa shape index (κ2) is 6.03. The van der Waals surface area contributed by atoms with Crippen LogP contribution in [0.2, 0.25) is 11.1 Å². The normalized spacial score (nSPS) is 12.2. The molecule has 70 valence electrons. The number of carbonyl (C=O) groups excluding carboxylic acids is 1. The van der Waals surface area contributed by atoms with Gasteiger partial charge in [0.15, 0.2) is 0 Å². The molecule has 0 spiro atoms. The van der Waals surface area contributed by atoms with E-state index in [4.69, 9.17) is 5.11 Å². The van der Waals surface area contributed by atoms with Crippen LogP contribution in [0.4, 0.5) is 0 Å². The quantitative estimate of drug-likeness (QED) is 0.669. The Hall–Kier alpha value is -0.541. The summed E-state index contributed by atoms with van der Waals surface area (Å²) in [5.74, 6) is 0.806. The molecule has 0 bridgehead atoms. The van der Waals surface area contributed by atoms with E-state index in [1.807, 2.05) is 5.82 Å². The number of carboxylic acids is 1. The van der Waals surface area contributed by atoms with E-state index in [1.54, 1.807) is 0 Å². The van der Waals surface area contributed by atoms with Gasteiger partial charge in [-0.1, -0.05) is 0 Å².